The lowest BCUT2D eigenvalue weighted by molar-refractivity contribution is 0.102. The van der Waals surface area contributed by atoms with E-state index in [1.54, 1.807) is 14.0 Å². The SMILES string of the molecule is COc1ccc(NC(=O)c2ccc(-c3ccc(-c4noc(C)n4)cc3)cc2)cc1N1CCN(C)CC1. The summed E-state index contributed by atoms with van der Waals surface area (Å²) in [4.78, 5) is 21.8. The maximum Gasteiger partial charge on any atom is 0.255 e. The first-order valence-corrected chi connectivity index (χ1v) is 11.9. The van der Waals surface area contributed by atoms with Crippen molar-refractivity contribution < 1.29 is 14.1 Å². The maximum absolute atomic E-state index is 13.0. The van der Waals surface area contributed by atoms with E-state index >= 15 is 0 Å². The number of likely N-dealkylation sites (N-methyl/N-ethyl adjacent to an activating group) is 1. The fraction of sp³-hybridized carbons (Fsp3) is 0.250. The van der Waals surface area contributed by atoms with E-state index in [2.05, 4.69) is 32.3 Å². The molecule has 0 atom stereocenters. The largest absolute Gasteiger partial charge is 0.495 e. The molecular weight excluding hydrogens is 454 g/mol. The molecule has 1 aliphatic rings. The van der Waals surface area contributed by atoms with Gasteiger partial charge in [-0.2, -0.15) is 4.98 Å². The van der Waals surface area contributed by atoms with Gasteiger partial charge in [-0.3, -0.25) is 4.79 Å². The summed E-state index contributed by atoms with van der Waals surface area (Å²) in [6, 6.07) is 21.3. The molecule has 0 spiro atoms. The smallest absolute Gasteiger partial charge is 0.255 e. The molecule has 4 aromatic rings. The number of carbonyl (C=O) groups is 1. The molecule has 36 heavy (non-hydrogen) atoms. The molecule has 8 nitrogen and oxygen atoms in total. The minimum atomic E-state index is -0.154. The quantitative estimate of drug-likeness (QED) is 0.425. The van der Waals surface area contributed by atoms with Gasteiger partial charge in [0.15, 0.2) is 0 Å². The number of benzene rings is 3. The second kappa shape index (κ2) is 10.2. The van der Waals surface area contributed by atoms with E-state index in [9.17, 15) is 4.79 Å². The van der Waals surface area contributed by atoms with Gasteiger partial charge in [-0.05, 0) is 48.5 Å². The summed E-state index contributed by atoms with van der Waals surface area (Å²) in [6.45, 7) is 5.59. The summed E-state index contributed by atoms with van der Waals surface area (Å²) in [5.41, 5.74) is 5.28. The lowest BCUT2D eigenvalue weighted by atomic mass is 10.0. The van der Waals surface area contributed by atoms with Gasteiger partial charge in [-0.25, -0.2) is 0 Å². The molecule has 1 aliphatic heterocycles. The third-order valence-electron chi connectivity index (χ3n) is 6.43. The highest BCUT2D eigenvalue weighted by Gasteiger charge is 2.19. The number of hydrogen-bond acceptors (Lipinski definition) is 7. The van der Waals surface area contributed by atoms with Crippen molar-refractivity contribution >= 4 is 17.3 Å². The van der Waals surface area contributed by atoms with Crippen molar-refractivity contribution in [2.24, 2.45) is 0 Å². The molecule has 0 bridgehead atoms. The van der Waals surface area contributed by atoms with Gasteiger partial charge in [0.1, 0.15) is 5.75 Å². The van der Waals surface area contributed by atoms with Crippen LogP contribution in [0, 0.1) is 6.92 Å². The molecular formula is C28H29N5O3. The van der Waals surface area contributed by atoms with Crippen LogP contribution in [0.2, 0.25) is 0 Å². The minimum absolute atomic E-state index is 0.154. The van der Waals surface area contributed by atoms with Crippen molar-refractivity contribution in [3.8, 4) is 28.3 Å². The summed E-state index contributed by atoms with van der Waals surface area (Å²) in [5, 5.41) is 6.99. The Balaban J connectivity index is 1.28. The number of nitrogens with zero attached hydrogens (tertiary/aromatic N) is 4. The number of anilines is 2. The van der Waals surface area contributed by atoms with E-state index in [4.69, 9.17) is 9.26 Å². The first-order chi connectivity index (χ1) is 17.5. The molecule has 8 heteroatoms. The Labute approximate surface area is 210 Å². The molecule has 3 aromatic carbocycles. The van der Waals surface area contributed by atoms with Crippen molar-refractivity contribution in [3.05, 3.63) is 78.2 Å². The van der Waals surface area contributed by atoms with Crippen LogP contribution < -0.4 is 15.0 Å². The van der Waals surface area contributed by atoms with Crippen LogP contribution >= 0.6 is 0 Å². The molecule has 0 aliphatic carbocycles. The molecule has 0 saturated carbocycles. The van der Waals surface area contributed by atoms with Crippen LogP contribution in [0.5, 0.6) is 5.75 Å². The van der Waals surface area contributed by atoms with Crippen LogP contribution in [0.25, 0.3) is 22.5 Å². The van der Waals surface area contributed by atoms with Crippen LogP contribution in [-0.4, -0.2) is 61.3 Å². The molecule has 1 saturated heterocycles. The summed E-state index contributed by atoms with van der Waals surface area (Å²) in [6.07, 6.45) is 0. The Morgan fingerprint density at radius 3 is 2.17 bits per heavy atom. The number of rotatable bonds is 6. The second-order valence-electron chi connectivity index (χ2n) is 8.92. The molecule has 1 fully saturated rings. The Morgan fingerprint density at radius 2 is 1.56 bits per heavy atom. The van der Waals surface area contributed by atoms with Gasteiger partial charge in [-0.15, -0.1) is 0 Å². The fourth-order valence-electron chi connectivity index (χ4n) is 4.31. The van der Waals surface area contributed by atoms with Gasteiger partial charge < -0.3 is 24.4 Å². The number of carbonyl (C=O) groups excluding carboxylic acids is 1. The fourth-order valence-corrected chi connectivity index (χ4v) is 4.31. The third kappa shape index (κ3) is 5.08. The van der Waals surface area contributed by atoms with Gasteiger partial charge in [0.2, 0.25) is 11.7 Å². The number of aryl methyl sites for hydroxylation is 1. The lowest BCUT2D eigenvalue weighted by Gasteiger charge is -2.34. The second-order valence-corrected chi connectivity index (χ2v) is 8.92. The number of amides is 1. The van der Waals surface area contributed by atoms with E-state index in [-0.39, 0.29) is 5.91 Å². The van der Waals surface area contributed by atoms with Gasteiger partial charge in [0.05, 0.1) is 12.8 Å². The number of hydrogen-bond donors (Lipinski definition) is 1. The molecule has 0 radical (unpaired) electrons. The topological polar surface area (TPSA) is 83.7 Å². The molecule has 5 rings (SSSR count). The predicted molar refractivity (Wildman–Crippen MR) is 141 cm³/mol. The predicted octanol–water partition coefficient (Wildman–Crippen LogP) is 4.72. The Kier molecular flexibility index (Phi) is 6.69. The summed E-state index contributed by atoms with van der Waals surface area (Å²) in [5.74, 6) is 1.76. The van der Waals surface area contributed by atoms with E-state index in [1.165, 1.54) is 0 Å². The van der Waals surface area contributed by atoms with Crippen LogP contribution in [0.3, 0.4) is 0 Å². The van der Waals surface area contributed by atoms with Crippen molar-refractivity contribution in [1.82, 2.24) is 15.0 Å². The van der Waals surface area contributed by atoms with Crippen molar-refractivity contribution in [2.75, 3.05) is 50.6 Å². The monoisotopic (exact) mass is 483 g/mol. The average Bonchev–Trinajstić information content (AvgIpc) is 3.35. The summed E-state index contributed by atoms with van der Waals surface area (Å²) < 4.78 is 10.6. The number of methoxy groups -OCH3 is 1. The summed E-state index contributed by atoms with van der Waals surface area (Å²) >= 11 is 0. The van der Waals surface area contributed by atoms with Crippen LogP contribution in [0.4, 0.5) is 11.4 Å². The van der Waals surface area contributed by atoms with E-state index in [0.29, 0.717) is 17.3 Å². The highest BCUT2D eigenvalue weighted by molar-refractivity contribution is 6.04. The zero-order chi connectivity index (χ0) is 25.1. The average molecular weight is 484 g/mol. The minimum Gasteiger partial charge on any atom is -0.495 e. The lowest BCUT2D eigenvalue weighted by Crippen LogP contribution is -2.44. The van der Waals surface area contributed by atoms with E-state index < -0.39 is 0 Å². The van der Waals surface area contributed by atoms with Gasteiger partial charge in [0, 0.05) is 49.9 Å². The van der Waals surface area contributed by atoms with Crippen LogP contribution in [0.15, 0.2) is 71.3 Å². The third-order valence-corrected chi connectivity index (χ3v) is 6.43. The molecule has 184 valence electrons. The molecule has 0 unspecified atom stereocenters. The maximum atomic E-state index is 13.0. The van der Waals surface area contributed by atoms with E-state index in [1.807, 2.05) is 66.7 Å². The number of nitrogens with one attached hydrogen (secondary N) is 1. The van der Waals surface area contributed by atoms with Gasteiger partial charge in [0.25, 0.3) is 5.91 Å². The zero-order valence-corrected chi connectivity index (χ0v) is 20.7. The highest BCUT2D eigenvalue weighted by Crippen LogP contribution is 2.32. The molecule has 1 amide bonds. The van der Waals surface area contributed by atoms with Crippen LogP contribution in [0.1, 0.15) is 16.2 Å². The van der Waals surface area contributed by atoms with E-state index in [0.717, 1.165) is 60.0 Å². The number of aromatic nitrogens is 2. The zero-order valence-electron chi connectivity index (χ0n) is 20.7. The van der Waals surface area contributed by atoms with Gasteiger partial charge in [-0.1, -0.05) is 41.6 Å². The van der Waals surface area contributed by atoms with Crippen molar-refractivity contribution in [1.29, 1.82) is 0 Å². The first-order valence-electron chi connectivity index (χ1n) is 11.9. The molecule has 2 heterocycles. The standard InChI is InChI=1S/C28H29N5O3/c1-19-29-27(31-36-19)22-8-4-20(5-9-22)21-6-10-23(11-7-21)28(34)30-24-12-13-26(35-3)25(18-24)33-16-14-32(2)15-17-33/h4-13,18H,14-17H2,1-3H3,(H,30,34). The van der Waals surface area contributed by atoms with Crippen LogP contribution in [-0.2, 0) is 0 Å². The number of ether oxygens (including phenoxy) is 1. The first kappa shape index (κ1) is 23.6. The molecule has 1 N–H and O–H groups in total. The normalized spacial score (nSPS) is 14.0. The van der Waals surface area contributed by atoms with Gasteiger partial charge >= 0.3 is 0 Å². The summed E-state index contributed by atoms with van der Waals surface area (Å²) in [7, 11) is 3.80. The van der Waals surface area contributed by atoms with Crippen molar-refractivity contribution in [2.45, 2.75) is 6.92 Å². The number of piperazine rings is 1. The Bertz CT molecular complexity index is 1340. The van der Waals surface area contributed by atoms with Crippen molar-refractivity contribution in [3.63, 3.8) is 0 Å². The highest BCUT2D eigenvalue weighted by atomic mass is 16.5. The Morgan fingerprint density at radius 1 is 0.917 bits per heavy atom. The Hall–Kier alpha value is -4.17. The molecule has 1 aromatic heterocycles.